The lowest BCUT2D eigenvalue weighted by Gasteiger charge is -2.22. The minimum Gasteiger partial charge on any atom is -0.272 e. The highest BCUT2D eigenvalue weighted by Crippen LogP contribution is 2.38. The van der Waals surface area contributed by atoms with Gasteiger partial charge in [0.15, 0.2) is 0 Å². The van der Waals surface area contributed by atoms with E-state index < -0.39 is 0 Å². The minimum atomic E-state index is 0.395. The summed E-state index contributed by atoms with van der Waals surface area (Å²) in [4.78, 5) is 4.10. The molecule has 0 aliphatic heterocycles. The molecule has 1 aliphatic carbocycles. The van der Waals surface area contributed by atoms with Gasteiger partial charge in [0.05, 0.1) is 6.20 Å². The number of hydrogen-bond donors (Lipinski definition) is 0. The van der Waals surface area contributed by atoms with Crippen LogP contribution in [-0.2, 0) is 6.54 Å². The number of hydrogen-bond acceptors (Lipinski definition) is 3. The van der Waals surface area contributed by atoms with E-state index in [1.54, 1.807) is 12.3 Å². The van der Waals surface area contributed by atoms with Gasteiger partial charge in [-0.15, -0.1) is 0 Å². The first-order valence-corrected chi connectivity index (χ1v) is 7.08. The zero-order valence-corrected chi connectivity index (χ0v) is 11.7. The van der Waals surface area contributed by atoms with E-state index in [1.165, 1.54) is 25.7 Å². The smallest absolute Gasteiger partial charge is 0.140 e. The van der Waals surface area contributed by atoms with Crippen LogP contribution in [0.2, 0.25) is 0 Å². The Morgan fingerprint density at radius 1 is 1.25 bits per heavy atom. The number of nitriles is 1. The van der Waals surface area contributed by atoms with Crippen molar-refractivity contribution in [2.45, 2.75) is 39.2 Å². The van der Waals surface area contributed by atoms with Gasteiger partial charge in [0.2, 0.25) is 0 Å². The Bertz CT molecular complexity index is 627. The summed E-state index contributed by atoms with van der Waals surface area (Å²) in [6, 6.07) is 5.69. The SMILES string of the molecule is CC1(Cn2cc(-c3ccc(C#N)nc3)cn2)CCCC1. The molecule has 0 unspecified atom stereocenters. The van der Waals surface area contributed by atoms with Crippen LogP contribution in [0.5, 0.6) is 0 Å². The summed E-state index contributed by atoms with van der Waals surface area (Å²) in [5, 5.41) is 13.2. The van der Waals surface area contributed by atoms with Crippen molar-refractivity contribution in [1.82, 2.24) is 14.8 Å². The van der Waals surface area contributed by atoms with Crippen molar-refractivity contribution in [3.8, 4) is 17.2 Å². The first-order chi connectivity index (χ1) is 9.68. The van der Waals surface area contributed by atoms with Crippen LogP contribution in [0.15, 0.2) is 30.7 Å². The van der Waals surface area contributed by atoms with Gasteiger partial charge in [-0.05, 0) is 30.4 Å². The maximum Gasteiger partial charge on any atom is 0.140 e. The third-order valence-electron chi connectivity index (χ3n) is 4.20. The molecule has 2 aromatic heterocycles. The molecule has 0 aromatic carbocycles. The van der Waals surface area contributed by atoms with E-state index in [0.717, 1.165) is 17.7 Å². The normalized spacial score (nSPS) is 17.0. The van der Waals surface area contributed by atoms with Crippen LogP contribution >= 0.6 is 0 Å². The molecule has 3 rings (SSSR count). The Balaban J connectivity index is 1.77. The van der Waals surface area contributed by atoms with E-state index in [4.69, 9.17) is 5.26 Å². The quantitative estimate of drug-likeness (QED) is 0.855. The predicted molar refractivity (Wildman–Crippen MR) is 76.7 cm³/mol. The van der Waals surface area contributed by atoms with E-state index in [-0.39, 0.29) is 0 Å². The van der Waals surface area contributed by atoms with Gasteiger partial charge in [-0.1, -0.05) is 19.8 Å². The number of pyridine rings is 1. The summed E-state index contributed by atoms with van der Waals surface area (Å²) >= 11 is 0. The molecule has 1 fully saturated rings. The lowest BCUT2D eigenvalue weighted by atomic mass is 9.89. The van der Waals surface area contributed by atoms with Crippen LogP contribution in [-0.4, -0.2) is 14.8 Å². The maximum atomic E-state index is 8.76. The van der Waals surface area contributed by atoms with Crippen LogP contribution in [0.3, 0.4) is 0 Å². The van der Waals surface area contributed by atoms with Crippen molar-refractivity contribution in [2.24, 2.45) is 5.41 Å². The second-order valence-electron chi connectivity index (χ2n) is 5.99. The Kier molecular flexibility index (Phi) is 3.27. The summed E-state index contributed by atoms with van der Waals surface area (Å²) in [6.07, 6.45) is 10.9. The Hall–Kier alpha value is -2.15. The van der Waals surface area contributed by atoms with E-state index in [1.807, 2.05) is 23.0 Å². The van der Waals surface area contributed by atoms with Crippen LogP contribution in [0.1, 0.15) is 38.3 Å². The van der Waals surface area contributed by atoms with Gasteiger partial charge in [0, 0.05) is 30.1 Å². The molecule has 0 radical (unpaired) electrons. The summed E-state index contributed by atoms with van der Waals surface area (Å²) < 4.78 is 2.04. The maximum absolute atomic E-state index is 8.76. The molecule has 4 nitrogen and oxygen atoms in total. The molecule has 0 atom stereocenters. The average molecular weight is 266 g/mol. The number of rotatable bonds is 3. The fourth-order valence-electron chi connectivity index (χ4n) is 3.01. The molecule has 1 saturated carbocycles. The average Bonchev–Trinajstić information content (AvgIpc) is 3.09. The zero-order chi connectivity index (χ0) is 14.0. The third kappa shape index (κ3) is 2.57. The number of aromatic nitrogens is 3. The van der Waals surface area contributed by atoms with Crippen molar-refractivity contribution in [1.29, 1.82) is 5.26 Å². The minimum absolute atomic E-state index is 0.395. The van der Waals surface area contributed by atoms with Gasteiger partial charge in [-0.2, -0.15) is 10.4 Å². The van der Waals surface area contributed by atoms with E-state index >= 15 is 0 Å². The first-order valence-electron chi connectivity index (χ1n) is 7.08. The zero-order valence-electron chi connectivity index (χ0n) is 11.7. The third-order valence-corrected chi connectivity index (χ3v) is 4.20. The summed E-state index contributed by atoms with van der Waals surface area (Å²) in [5.74, 6) is 0. The molecule has 1 aliphatic rings. The van der Waals surface area contributed by atoms with Gasteiger partial charge in [0.25, 0.3) is 0 Å². The highest BCUT2D eigenvalue weighted by Gasteiger charge is 2.29. The number of nitrogens with zero attached hydrogens (tertiary/aromatic N) is 4. The molecule has 0 saturated heterocycles. The molecule has 2 heterocycles. The molecular formula is C16H18N4. The molecule has 102 valence electrons. The second-order valence-corrected chi connectivity index (χ2v) is 5.99. The topological polar surface area (TPSA) is 54.5 Å². The predicted octanol–water partition coefficient (Wildman–Crippen LogP) is 3.40. The van der Waals surface area contributed by atoms with Crippen molar-refractivity contribution in [3.05, 3.63) is 36.4 Å². The Morgan fingerprint density at radius 2 is 2.05 bits per heavy atom. The van der Waals surface area contributed by atoms with Crippen LogP contribution in [0, 0.1) is 16.7 Å². The fraction of sp³-hybridized carbons (Fsp3) is 0.438. The standard InChI is InChI=1S/C16H18N4/c1-16(6-2-3-7-16)12-20-11-14(10-19-20)13-4-5-15(8-17)18-9-13/h4-5,9-11H,2-3,6-7,12H2,1H3. The van der Waals surface area contributed by atoms with Crippen molar-refractivity contribution in [3.63, 3.8) is 0 Å². The monoisotopic (exact) mass is 266 g/mol. The van der Waals surface area contributed by atoms with Crippen LogP contribution < -0.4 is 0 Å². The molecule has 20 heavy (non-hydrogen) atoms. The molecule has 2 aromatic rings. The molecule has 0 bridgehead atoms. The van der Waals surface area contributed by atoms with Gasteiger partial charge in [-0.25, -0.2) is 4.98 Å². The molecule has 4 heteroatoms. The van der Waals surface area contributed by atoms with Crippen molar-refractivity contribution < 1.29 is 0 Å². The summed E-state index contributed by atoms with van der Waals surface area (Å²) in [5.41, 5.74) is 2.90. The van der Waals surface area contributed by atoms with Crippen molar-refractivity contribution >= 4 is 0 Å². The Labute approximate surface area is 119 Å². The van der Waals surface area contributed by atoms with Gasteiger partial charge in [-0.3, -0.25) is 4.68 Å². The van der Waals surface area contributed by atoms with Crippen molar-refractivity contribution in [2.75, 3.05) is 0 Å². The summed E-state index contributed by atoms with van der Waals surface area (Å²) in [7, 11) is 0. The lowest BCUT2D eigenvalue weighted by Crippen LogP contribution is -2.19. The highest BCUT2D eigenvalue weighted by atomic mass is 15.3. The second kappa shape index (κ2) is 5.09. The molecule has 0 N–H and O–H groups in total. The van der Waals surface area contributed by atoms with E-state index in [2.05, 4.69) is 23.2 Å². The van der Waals surface area contributed by atoms with E-state index in [9.17, 15) is 0 Å². The lowest BCUT2D eigenvalue weighted by molar-refractivity contribution is 0.268. The van der Waals surface area contributed by atoms with E-state index in [0.29, 0.717) is 11.1 Å². The Morgan fingerprint density at radius 3 is 2.70 bits per heavy atom. The molecular weight excluding hydrogens is 248 g/mol. The van der Waals surface area contributed by atoms with Crippen LogP contribution in [0.25, 0.3) is 11.1 Å². The summed E-state index contributed by atoms with van der Waals surface area (Å²) in [6.45, 7) is 3.33. The fourth-order valence-corrected chi connectivity index (χ4v) is 3.01. The highest BCUT2D eigenvalue weighted by molar-refractivity contribution is 5.60. The van der Waals surface area contributed by atoms with Gasteiger partial charge >= 0.3 is 0 Å². The van der Waals surface area contributed by atoms with Crippen LogP contribution in [0.4, 0.5) is 0 Å². The van der Waals surface area contributed by atoms with Gasteiger partial charge < -0.3 is 0 Å². The first kappa shape index (κ1) is 12.9. The molecule has 0 spiro atoms. The largest absolute Gasteiger partial charge is 0.272 e. The molecule has 0 amide bonds. The van der Waals surface area contributed by atoms with Gasteiger partial charge in [0.1, 0.15) is 11.8 Å².